The van der Waals surface area contributed by atoms with Gasteiger partial charge in [0.25, 0.3) is 11.9 Å². The zero-order chi connectivity index (χ0) is 19.2. The fourth-order valence-corrected chi connectivity index (χ4v) is 2.47. The second kappa shape index (κ2) is 8.17. The van der Waals surface area contributed by atoms with Crippen LogP contribution in [0.5, 0.6) is 5.88 Å². The maximum Gasteiger partial charge on any atom is 0.353 e. The molecule has 0 saturated carbocycles. The number of β-lactam (4-membered cyclic amide) rings is 1. The maximum atomic E-state index is 11.9. The van der Waals surface area contributed by atoms with Crippen molar-refractivity contribution in [2.24, 2.45) is 11.1 Å². The van der Waals surface area contributed by atoms with Crippen molar-refractivity contribution < 1.29 is 24.0 Å². The van der Waals surface area contributed by atoms with Gasteiger partial charge in [-0.3, -0.25) is 14.5 Å². The number of anilines is 2. The molecule has 1 atom stereocenters. The second-order valence-electron chi connectivity index (χ2n) is 5.11. The van der Waals surface area contributed by atoms with E-state index in [9.17, 15) is 14.4 Å². The van der Waals surface area contributed by atoms with E-state index in [1.807, 2.05) is 0 Å². The van der Waals surface area contributed by atoms with Crippen LogP contribution in [-0.2, 0) is 19.2 Å². The summed E-state index contributed by atoms with van der Waals surface area (Å²) in [5.41, 5.74) is 5.40. The van der Waals surface area contributed by atoms with Crippen molar-refractivity contribution in [1.29, 1.82) is 0 Å². The third-order valence-electron chi connectivity index (χ3n) is 3.26. The zero-order valence-electron chi connectivity index (χ0n) is 13.6. The number of ether oxygens (including phenoxy) is 1. The minimum atomic E-state index is -0.750. The number of oxime groups is 1. The Morgan fingerprint density at radius 1 is 1.56 bits per heavy atom. The molecule has 0 aromatic carbocycles. The van der Waals surface area contributed by atoms with Gasteiger partial charge in [0.15, 0.2) is 5.13 Å². The van der Waals surface area contributed by atoms with Crippen LogP contribution in [0.4, 0.5) is 11.1 Å². The fourth-order valence-electron chi connectivity index (χ4n) is 2.01. The van der Waals surface area contributed by atoms with Crippen LogP contribution in [-0.4, -0.2) is 69.3 Å². The summed E-state index contributed by atoms with van der Waals surface area (Å²) in [7, 11) is 0. The minimum absolute atomic E-state index is 0.0628. The summed E-state index contributed by atoms with van der Waals surface area (Å²) in [6, 6.07) is 0. The highest BCUT2D eigenvalue weighted by Gasteiger charge is 2.39. The van der Waals surface area contributed by atoms with Gasteiger partial charge in [-0.15, -0.1) is 16.4 Å². The molecule has 2 aromatic rings. The lowest BCUT2D eigenvalue weighted by molar-refractivity contribution is -0.139. The fraction of sp³-hybridized carbons (Fsp3) is 0.333. The first-order chi connectivity index (χ1) is 13.0. The van der Waals surface area contributed by atoms with Crippen LogP contribution in [0, 0.1) is 5.92 Å². The van der Waals surface area contributed by atoms with Crippen LogP contribution in [0.2, 0.25) is 0 Å². The van der Waals surface area contributed by atoms with Gasteiger partial charge in [-0.1, -0.05) is 10.3 Å². The summed E-state index contributed by atoms with van der Waals surface area (Å²) in [5, 5.41) is 20.6. The van der Waals surface area contributed by atoms with E-state index in [4.69, 9.17) is 10.5 Å². The Kier molecular flexibility index (Phi) is 5.50. The van der Waals surface area contributed by atoms with E-state index in [1.54, 1.807) is 0 Å². The monoisotopic (exact) mass is 395 g/mol. The number of nitrogens with zero attached hydrogens (tertiary/aromatic N) is 6. The van der Waals surface area contributed by atoms with Crippen molar-refractivity contribution in [1.82, 2.24) is 30.9 Å². The molecule has 1 aliphatic heterocycles. The number of H-pyrrole nitrogens is 1. The first-order valence-corrected chi connectivity index (χ1v) is 8.30. The van der Waals surface area contributed by atoms with E-state index >= 15 is 0 Å². The van der Waals surface area contributed by atoms with E-state index in [-0.39, 0.29) is 35.3 Å². The highest BCUT2D eigenvalue weighted by Crippen LogP contribution is 2.21. The van der Waals surface area contributed by atoms with Crippen LogP contribution in [0.1, 0.15) is 0 Å². The highest BCUT2D eigenvalue weighted by molar-refractivity contribution is 7.13. The molecule has 1 aliphatic rings. The molecule has 0 radical (unpaired) electrons. The van der Waals surface area contributed by atoms with Crippen molar-refractivity contribution in [2.75, 3.05) is 30.3 Å². The number of nitrogen functional groups attached to an aromatic ring is 1. The number of aromatic nitrogens is 5. The predicted octanol–water partition coefficient (Wildman–Crippen LogP) is -2.07. The minimum Gasteiger partial charge on any atom is -0.404 e. The van der Waals surface area contributed by atoms with Crippen molar-refractivity contribution in [3.63, 3.8) is 0 Å². The Morgan fingerprint density at radius 2 is 2.41 bits per heavy atom. The largest absolute Gasteiger partial charge is 0.404 e. The number of hydrogen-bond acceptors (Lipinski definition) is 12. The van der Waals surface area contributed by atoms with E-state index in [0.29, 0.717) is 6.54 Å². The Hall–Kier alpha value is -3.62. The van der Waals surface area contributed by atoms with E-state index in [0.717, 1.165) is 17.6 Å². The average molecular weight is 395 g/mol. The highest BCUT2D eigenvalue weighted by atomic mass is 32.1. The van der Waals surface area contributed by atoms with Crippen molar-refractivity contribution in [2.45, 2.75) is 0 Å². The van der Waals surface area contributed by atoms with Crippen molar-refractivity contribution >= 4 is 46.4 Å². The van der Waals surface area contributed by atoms with E-state index in [1.165, 1.54) is 10.3 Å². The quantitative estimate of drug-likeness (QED) is 0.193. The number of carbonyl (C=O) groups is 3. The number of esters is 1. The molecule has 1 unspecified atom stereocenters. The molecule has 14 nitrogen and oxygen atoms in total. The maximum absolute atomic E-state index is 11.9. The van der Waals surface area contributed by atoms with Gasteiger partial charge < -0.3 is 20.6 Å². The van der Waals surface area contributed by atoms with Crippen LogP contribution in [0.3, 0.4) is 0 Å². The molecular formula is C12H13N9O5S. The molecule has 0 aliphatic carbocycles. The number of carbonyl (C=O) groups excluding carboxylic acids is 3. The molecule has 27 heavy (non-hydrogen) atoms. The Morgan fingerprint density at radius 3 is 3.07 bits per heavy atom. The van der Waals surface area contributed by atoms with Gasteiger partial charge >= 0.3 is 5.97 Å². The molecule has 1 fully saturated rings. The lowest BCUT2D eigenvalue weighted by Crippen LogP contribution is -2.57. The van der Waals surface area contributed by atoms with Crippen molar-refractivity contribution in [3.8, 4) is 5.88 Å². The van der Waals surface area contributed by atoms with Crippen LogP contribution >= 0.6 is 11.3 Å². The van der Waals surface area contributed by atoms with E-state index < -0.39 is 18.5 Å². The Bertz CT molecular complexity index is 851. The molecule has 0 spiro atoms. The summed E-state index contributed by atoms with van der Waals surface area (Å²) >= 11 is 1.12. The molecule has 142 valence electrons. The number of amides is 2. The molecule has 2 aromatic heterocycles. The predicted molar refractivity (Wildman–Crippen MR) is 89.6 cm³/mol. The third-order valence-corrected chi connectivity index (χ3v) is 3.91. The molecule has 1 saturated heterocycles. The van der Waals surface area contributed by atoms with Gasteiger partial charge in [0.1, 0.15) is 6.21 Å². The number of tetrazole rings is 1. The number of nitrogens with one attached hydrogen (secondary N) is 2. The number of nitrogens with two attached hydrogens (primary N) is 1. The van der Waals surface area contributed by atoms with Crippen LogP contribution < -0.4 is 20.7 Å². The lowest BCUT2D eigenvalue weighted by Gasteiger charge is -2.35. The first-order valence-electron chi connectivity index (χ1n) is 7.42. The summed E-state index contributed by atoms with van der Waals surface area (Å²) in [4.78, 5) is 44.7. The molecule has 0 bridgehead atoms. The Labute approximate surface area is 154 Å². The number of rotatable bonds is 8. The third kappa shape index (κ3) is 4.72. The molecule has 3 rings (SSSR count). The molecule has 2 amide bonds. The number of aromatic amines is 1. The SMILES string of the molecule is Nc1nc(OC(=O)CO/N=C/C(=O)NCC2CN(c3nn[nH]n3)C2=O)cs1. The molecule has 15 heteroatoms. The standard InChI is InChI=1S/C12H13N9O5S/c13-11-16-8(5-27-11)26-9(23)4-25-15-2-7(22)14-1-6-3-21(10(6)24)12-17-19-20-18-12/h2,5-6H,1,3-4H2,(H2,13,16)(H,14,22)(H,17,18,19,20)/b15-2+. The lowest BCUT2D eigenvalue weighted by atomic mass is 9.99. The first kappa shape index (κ1) is 18.2. The molecular weight excluding hydrogens is 382 g/mol. The average Bonchev–Trinajstić information content (AvgIpc) is 3.29. The summed E-state index contributed by atoms with van der Waals surface area (Å²) in [5.74, 6) is -1.70. The second-order valence-corrected chi connectivity index (χ2v) is 6.00. The summed E-state index contributed by atoms with van der Waals surface area (Å²) in [6.07, 6.45) is 0.841. The molecule has 3 heterocycles. The van der Waals surface area contributed by atoms with Crippen LogP contribution in [0.25, 0.3) is 0 Å². The van der Waals surface area contributed by atoms with Crippen molar-refractivity contribution in [3.05, 3.63) is 5.38 Å². The summed E-state index contributed by atoms with van der Waals surface area (Å²) < 4.78 is 4.82. The van der Waals surface area contributed by atoms with Gasteiger partial charge in [0.05, 0.1) is 11.3 Å². The number of hydrogen-bond donors (Lipinski definition) is 3. The smallest absolute Gasteiger partial charge is 0.353 e. The Balaban J connectivity index is 1.30. The number of thiazole rings is 1. The van der Waals surface area contributed by atoms with Crippen LogP contribution in [0.15, 0.2) is 10.5 Å². The van der Waals surface area contributed by atoms with Gasteiger partial charge in [-0.25, -0.2) is 4.79 Å². The summed E-state index contributed by atoms with van der Waals surface area (Å²) in [6.45, 7) is -0.0351. The van der Waals surface area contributed by atoms with Gasteiger partial charge in [-0.05, 0) is 5.21 Å². The van der Waals surface area contributed by atoms with Gasteiger partial charge in [0, 0.05) is 13.1 Å². The van der Waals surface area contributed by atoms with Gasteiger partial charge in [-0.2, -0.15) is 10.2 Å². The topological polar surface area (TPSA) is 191 Å². The van der Waals surface area contributed by atoms with Gasteiger partial charge in [0.2, 0.25) is 18.4 Å². The van der Waals surface area contributed by atoms with E-state index in [2.05, 4.69) is 40.9 Å². The zero-order valence-corrected chi connectivity index (χ0v) is 14.4. The normalized spacial score (nSPS) is 16.2. The molecule has 4 N–H and O–H groups in total.